The summed E-state index contributed by atoms with van der Waals surface area (Å²) in [5.74, 6) is 0.520. The summed E-state index contributed by atoms with van der Waals surface area (Å²) in [6.07, 6.45) is 2.71. The molecule has 0 bridgehead atoms. The Morgan fingerprint density at radius 3 is 2.29 bits per heavy atom. The van der Waals surface area contributed by atoms with Crippen LogP contribution in [0.2, 0.25) is 0 Å². The van der Waals surface area contributed by atoms with Crippen LogP contribution in [0.1, 0.15) is 19.3 Å². The van der Waals surface area contributed by atoms with E-state index in [9.17, 15) is 13.5 Å². The van der Waals surface area contributed by atoms with Gasteiger partial charge in [-0.05, 0) is 19.3 Å². The molecule has 2 unspecified atom stereocenters. The Balaban J connectivity index is 1.95. The Bertz CT molecular complexity index is 287. The van der Waals surface area contributed by atoms with Gasteiger partial charge in [0.25, 0.3) is 0 Å². The van der Waals surface area contributed by atoms with Crippen molar-refractivity contribution in [2.45, 2.75) is 31.4 Å². The molecule has 0 amide bonds. The highest BCUT2D eigenvalue weighted by molar-refractivity contribution is 7.91. The molecule has 1 aliphatic heterocycles. The molecular weight excluding hydrogens is 202 g/mol. The van der Waals surface area contributed by atoms with E-state index in [1.54, 1.807) is 0 Å². The van der Waals surface area contributed by atoms with E-state index in [1.807, 2.05) is 0 Å². The first-order chi connectivity index (χ1) is 6.58. The number of sulfone groups is 1. The molecule has 0 aromatic carbocycles. The summed E-state index contributed by atoms with van der Waals surface area (Å²) in [5.41, 5.74) is 0. The van der Waals surface area contributed by atoms with Gasteiger partial charge in [0.15, 0.2) is 9.84 Å². The molecule has 1 heterocycles. The number of hydrogen-bond acceptors (Lipinski definition) is 4. The van der Waals surface area contributed by atoms with Gasteiger partial charge < -0.3 is 5.11 Å². The zero-order valence-corrected chi connectivity index (χ0v) is 9.04. The predicted molar refractivity (Wildman–Crippen MR) is 53.9 cm³/mol. The summed E-state index contributed by atoms with van der Waals surface area (Å²) in [6, 6.07) is 0.213. The zero-order chi connectivity index (χ0) is 10.2. The van der Waals surface area contributed by atoms with E-state index in [2.05, 4.69) is 4.90 Å². The average molecular weight is 219 g/mol. The van der Waals surface area contributed by atoms with Crippen molar-refractivity contribution in [1.82, 2.24) is 4.90 Å². The molecule has 4 nitrogen and oxygen atoms in total. The fourth-order valence-corrected chi connectivity index (χ4v) is 3.63. The van der Waals surface area contributed by atoms with Crippen LogP contribution in [0.4, 0.5) is 0 Å². The molecule has 1 saturated heterocycles. The second-order valence-electron chi connectivity index (χ2n) is 4.25. The molecule has 1 N–H and O–H groups in total. The van der Waals surface area contributed by atoms with Gasteiger partial charge in [-0.3, -0.25) is 4.90 Å². The first kappa shape index (κ1) is 10.4. The lowest BCUT2D eigenvalue weighted by Gasteiger charge is -2.33. The van der Waals surface area contributed by atoms with Gasteiger partial charge in [0, 0.05) is 19.1 Å². The van der Waals surface area contributed by atoms with E-state index < -0.39 is 9.84 Å². The van der Waals surface area contributed by atoms with Crippen molar-refractivity contribution in [3.8, 4) is 0 Å². The molecule has 82 valence electrons. The minimum Gasteiger partial charge on any atom is -0.391 e. The molecule has 0 spiro atoms. The summed E-state index contributed by atoms with van der Waals surface area (Å²) >= 11 is 0. The second-order valence-corrected chi connectivity index (χ2v) is 6.56. The molecule has 2 aliphatic rings. The maximum absolute atomic E-state index is 11.2. The van der Waals surface area contributed by atoms with Crippen LogP contribution in [0.15, 0.2) is 0 Å². The van der Waals surface area contributed by atoms with E-state index in [0.717, 1.165) is 19.3 Å². The van der Waals surface area contributed by atoms with Crippen LogP contribution in [0.5, 0.6) is 0 Å². The summed E-state index contributed by atoms with van der Waals surface area (Å²) < 4.78 is 22.4. The predicted octanol–water partition coefficient (Wildman–Crippen LogP) is -0.370. The molecule has 14 heavy (non-hydrogen) atoms. The largest absolute Gasteiger partial charge is 0.391 e. The summed E-state index contributed by atoms with van der Waals surface area (Å²) in [6.45, 7) is 1.20. The highest BCUT2D eigenvalue weighted by Crippen LogP contribution is 2.25. The normalized spacial score (nSPS) is 38.6. The third-order valence-electron chi connectivity index (χ3n) is 3.29. The Labute approximate surface area is 84.8 Å². The van der Waals surface area contributed by atoms with Gasteiger partial charge in [-0.2, -0.15) is 0 Å². The summed E-state index contributed by atoms with van der Waals surface area (Å²) in [4.78, 5) is 2.14. The third-order valence-corrected chi connectivity index (χ3v) is 4.90. The number of rotatable bonds is 1. The van der Waals surface area contributed by atoms with Crippen molar-refractivity contribution in [2.75, 3.05) is 24.6 Å². The number of nitrogens with zero attached hydrogens (tertiary/aromatic N) is 1. The van der Waals surface area contributed by atoms with Crippen LogP contribution >= 0.6 is 0 Å². The highest BCUT2D eigenvalue weighted by atomic mass is 32.2. The molecule has 2 atom stereocenters. The van der Waals surface area contributed by atoms with Crippen molar-refractivity contribution in [3.05, 3.63) is 0 Å². The van der Waals surface area contributed by atoms with Crippen molar-refractivity contribution in [3.63, 3.8) is 0 Å². The molecule has 5 heteroatoms. The van der Waals surface area contributed by atoms with Crippen LogP contribution in [-0.2, 0) is 9.84 Å². The van der Waals surface area contributed by atoms with Crippen LogP contribution in [0, 0.1) is 0 Å². The van der Waals surface area contributed by atoms with Gasteiger partial charge in [0.1, 0.15) is 0 Å². The molecule has 1 saturated carbocycles. The molecule has 0 radical (unpaired) electrons. The van der Waals surface area contributed by atoms with Crippen LogP contribution in [0.25, 0.3) is 0 Å². The topological polar surface area (TPSA) is 57.6 Å². The van der Waals surface area contributed by atoms with Gasteiger partial charge >= 0.3 is 0 Å². The van der Waals surface area contributed by atoms with E-state index in [-0.39, 0.29) is 23.7 Å². The summed E-state index contributed by atoms with van der Waals surface area (Å²) in [7, 11) is -2.79. The van der Waals surface area contributed by atoms with Gasteiger partial charge in [-0.25, -0.2) is 8.42 Å². The molecular formula is C9H17NO3S. The van der Waals surface area contributed by atoms with Gasteiger partial charge in [-0.15, -0.1) is 0 Å². The van der Waals surface area contributed by atoms with Gasteiger partial charge in [-0.1, -0.05) is 0 Å². The van der Waals surface area contributed by atoms with Crippen LogP contribution in [-0.4, -0.2) is 55.2 Å². The molecule has 0 aromatic rings. The fraction of sp³-hybridized carbons (Fsp3) is 1.00. The Hall–Kier alpha value is -0.130. The maximum atomic E-state index is 11.2. The average Bonchev–Trinajstić information content (AvgIpc) is 2.52. The van der Waals surface area contributed by atoms with Crippen LogP contribution < -0.4 is 0 Å². The van der Waals surface area contributed by atoms with E-state index in [0.29, 0.717) is 13.1 Å². The molecule has 1 aliphatic carbocycles. The smallest absolute Gasteiger partial charge is 0.152 e. The van der Waals surface area contributed by atoms with E-state index >= 15 is 0 Å². The quantitative estimate of drug-likeness (QED) is 0.654. The lowest BCUT2D eigenvalue weighted by atomic mass is 10.2. The van der Waals surface area contributed by atoms with Crippen molar-refractivity contribution in [1.29, 1.82) is 0 Å². The summed E-state index contributed by atoms with van der Waals surface area (Å²) in [5, 5.41) is 9.68. The minimum atomic E-state index is -2.79. The standard InChI is InChI=1S/C9H17NO3S/c11-9-3-1-2-8(9)10-4-6-14(12,13)7-5-10/h8-9,11H,1-7H2. The van der Waals surface area contributed by atoms with E-state index in [1.165, 1.54) is 0 Å². The Kier molecular flexibility index (Phi) is 2.81. The van der Waals surface area contributed by atoms with Crippen LogP contribution in [0.3, 0.4) is 0 Å². The zero-order valence-electron chi connectivity index (χ0n) is 8.22. The number of hydrogen-bond donors (Lipinski definition) is 1. The third kappa shape index (κ3) is 2.10. The molecule has 2 rings (SSSR count). The van der Waals surface area contributed by atoms with Gasteiger partial charge in [0.05, 0.1) is 17.6 Å². The lowest BCUT2D eigenvalue weighted by Crippen LogP contribution is -2.48. The monoisotopic (exact) mass is 219 g/mol. The van der Waals surface area contributed by atoms with E-state index in [4.69, 9.17) is 0 Å². The molecule has 2 fully saturated rings. The maximum Gasteiger partial charge on any atom is 0.152 e. The van der Waals surface area contributed by atoms with Gasteiger partial charge in [0.2, 0.25) is 0 Å². The van der Waals surface area contributed by atoms with Crippen molar-refractivity contribution >= 4 is 9.84 Å². The lowest BCUT2D eigenvalue weighted by molar-refractivity contribution is 0.0759. The minimum absolute atomic E-state index is 0.213. The fourth-order valence-electron chi connectivity index (χ4n) is 2.41. The molecule has 0 aromatic heterocycles. The second kappa shape index (κ2) is 3.79. The number of aliphatic hydroxyl groups is 1. The van der Waals surface area contributed by atoms with Crippen molar-refractivity contribution in [2.24, 2.45) is 0 Å². The SMILES string of the molecule is O=S1(=O)CCN(C2CCCC2O)CC1. The van der Waals surface area contributed by atoms with Crippen molar-refractivity contribution < 1.29 is 13.5 Å². The Morgan fingerprint density at radius 2 is 1.79 bits per heavy atom. The number of aliphatic hydroxyl groups excluding tert-OH is 1. The first-order valence-electron chi connectivity index (χ1n) is 5.21. The Morgan fingerprint density at radius 1 is 1.14 bits per heavy atom. The first-order valence-corrected chi connectivity index (χ1v) is 7.03. The highest BCUT2D eigenvalue weighted by Gasteiger charge is 2.33.